The highest BCUT2D eigenvalue weighted by Crippen LogP contribution is 2.64. The highest BCUT2D eigenvalue weighted by Gasteiger charge is 2.78. The summed E-state index contributed by atoms with van der Waals surface area (Å²) in [6.07, 6.45) is -10.2. The Balaban J connectivity index is 1.46. The number of carbonyl (C=O) groups is 5. The minimum Gasteiger partial charge on any atom is -0.455 e. The van der Waals surface area contributed by atoms with Crippen molar-refractivity contribution in [3.63, 3.8) is 0 Å². The van der Waals surface area contributed by atoms with Gasteiger partial charge in [-0.2, -0.15) is 5.90 Å². The van der Waals surface area contributed by atoms with Gasteiger partial charge in [0, 0.05) is 48.9 Å². The Hall–Kier alpha value is -4.24. The molecule has 326 valence electrons. The van der Waals surface area contributed by atoms with Crippen LogP contribution in [-0.4, -0.2) is 105 Å². The van der Waals surface area contributed by atoms with E-state index < -0.39 is 107 Å². The summed E-state index contributed by atoms with van der Waals surface area (Å²) in [6, 6.07) is 16.6. The van der Waals surface area contributed by atoms with Gasteiger partial charge in [0.1, 0.15) is 30.0 Å². The van der Waals surface area contributed by atoms with E-state index in [-0.39, 0.29) is 41.9 Å². The highest BCUT2D eigenvalue weighted by molar-refractivity contribution is 7.94. The minimum atomic E-state index is -2.33. The largest absolute Gasteiger partial charge is 0.455 e. The number of hydrogen-bond donors (Lipinski definition) is 4. The molecule has 2 bridgehead atoms. The Morgan fingerprint density at radius 1 is 1.00 bits per heavy atom. The fraction of sp³-hybridized carbons (Fsp3) is 0.548. The van der Waals surface area contributed by atoms with Crippen molar-refractivity contribution in [3.8, 4) is 0 Å². The summed E-state index contributed by atoms with van der Waals surface area (Å²) in [7, 11) is 0. The Labute approximate surface area is 350 Å². The van der Waals surface area contributed by atoms with Gasteiger partial charge in [0.05, 0.1) is 36.0 Å². The lowest BCUT2D eigenvalue weighted by atomic mass is 9.44. The maximum Gasteiger partial charge on any atom is 0.348 e. The summed E-state index contributed by atoms with van der Waals surface area (Å²) >= 11 is 0.689. The third-order valence-electron chi connectivity index (χ3n) is 13.0. The SMILES string of the molecule is CC(=O)O[C@@]12COC1C[C@H](O)[C@@]1(C)C(=O)[C@H](O)C3=C(C)[C@@H](OC(=O)[C@H](OC(=O)CCSOOON)[C@@H](C)c4ccccc4)C[C@@](O)([C@@H](OC(=O)c4ccccc4)[C@@H]12)C3(C)C. The molecule has 0 amide bonds. The lowest BCUT2D eigenvalue weighted by Crippen LogP contribution is -2.81. The lowest BCUT2D eigenvalue weighted by Gasteiger charge is -2.67. The van der Waals surface area contributed by atoms with Crippen molar-refractivity contribution in [2.75, 3.05) is 12.4 Å². The quantitative estimate of drug-likeness (QED) is 0.0405. The molecule has 1 unspecified atom stereocenters. The van der Waals surface area contributed by atoms with Crippen LogP contribution in [0, 0.1) is 16.7 Å². The average molecular weight is 858 g/mol. The Morgan fingerprint density at radius 2 is 1.65 bits per heavy atom. The molecule has 60 heavy (non-hydrogen) atoms. The molecular weight excluding hydrogens is 807 g/mol. The molecule has 2 aromatic carbocycles. The zero-order chi connectivity index (χ0) is 43.8. The summed E-state index contributed by atoms with van der Waals surface area (Å²) in [4.78, 5) is 73.5. The zero-order valence-electron chi connectivity index (χ0n) is 34.1. The molecule has 3 fully saturated rings. The van der Waals surface area contributed by atoms with Gasteiger partial charge in [0.15, 0.2) is 11.4 Å². The number of Topliss-reactive ketones (excluding diaryl/α,β-unsaturated/α-hetero) is 1. The molecule has 3 aliphatic carbocycles. The average Bonchev–Trinajstić information content (AvgIpc) is 3.21. The van der Waals surface area contributed by atoms with Crippen molar-refractivity contribution in [3.05, 3.63) is 82.9 Å². The molecule has 1 saturated heterocycles. The molecule has 1 heterocycles. The van der Waals surface area contributed by atoms with E-state index in [2.05, 4.69) is 14.4 Å². The van der Waals surface area contributed by atoms with Crippen molar-refractivity contribution in [1.29, 1.82) is 0 Å². The highest BCUT2D eigenvalue weighted by atomic mass is 32.2. The van der Waals surface area contributed by atoms with Crippen LogP contribution < -0.4 is 5.90 Å². The van der Waals surface area contributed by atoms with E-state index in [1.54, 1.807) is 69.3 Å². The van der Waals surface area contributed by atoms with Gasteiger partial charge in [0.2, 0.25) is 6.10 Å². The summed E-state index contributed by atoms with van der Waals surface area (Å²) in [5.41, 5.74) is -6.81. The predicted molar refractivity (Wildman–Crippen MR) is 208 cm³/mol. The number of esters is 4. The maximum absolute atomic E-state index is 15.0. The van der Waals surface area contributed by atoms with Gasteiger partial charge in [-0.15, -0.1) is 9.32 Å². The fourth-order valence-electron chi connectivity index (χ4n) is 9.66. The number of carbonyl (C=O) groups excluding carboxylic acids is 5. The van der Waals surface area contributed by atoms with Crippen molar-refractivity contribution in [2.45, 2.75) is 115 Å². The monoisotopic (exact) mass is 857 g/mol. The standard InChI is InChI=1S/C42H51NO16S/c1-22(25-13-9-7-10-14-25)33(54-30(46)17-18-60-59-58-57-43)38(50)53-27-20-42(51)36(55-37(49)26-15-11-8-12-16-26)34-40(6,35(48)32(47)31(23(27)2)39(42,4)5)28(45)19-29-41(34,21-52-29)56-24(3)44/h7-16,22,27-29,32-34,36,45,47,51H,17-21,43H2,1-6H3/t22-,27-,28-,29?,32+,33+,34-,36-,40+,41-,42+/m0/s1. The van der Waals surface area contributed by atoms with Crippen LogP contribution in [-0.2, 0) is 57.2 Å². The maximum atomic E-state index is 15.0. The van der Waals surface area contributed by atoms with Crippen LogP contribution in [0.3, 0.4) is 0 Å². The first-order valence-electron chi connectivity index (χ1n) is 19.5. The first kappa shape index (κ1) is 45.3. The summed E-state index contributed by atoms with van der Waals surface area (Å²) in [5.74, 6) is -1.91. The normalized spacial score (nSPS) is 32.7. The van der Waals surface area contributed by atoms with E-state index in [9.17, 15) is 34.5 Å². The molecule has 6 rings (SSSR count). The van der Waals surface area contributed by atoms with Gasteiger partial charge in [-0.1, -0.05) is 69.3 Å². The molecule has 0 aromatic heterocycles. The Morgan fingerprint density at radius 3 is 2.25 bits per heavy atom. The second kappa shape index (κ2) is 17.6. The molecule has 4 aliphatic rings. The van der Waals surface area contributed by atoms with Crippen LogP contribution in [0.1, 0.15) is 82.6 Å². The minimum absolute atomic E-state index is 0.0180. The first-order valence-corrected chi connectivity index (χ1v) is 20.4. The Kier molecular flexibility index (Phi) is 13.3. The van der Waals surface area contributed by atoms with E-state index in [4.69, 9.17) is 29.6 Å². The predicted octanol–water partition coefficient (Wildman–Crippen LogP) is 3.14. The van der Waals surface area contributed by atoms with Crippen molar-refractivity contribution >= 4 is 41.7 Å². The van der Waals surface area contributed by atoms with E-state index >= 15 is 4.79 Å². The number of rotatable bonds is 14. The van der Waals surface area contributed by atoms with E-state index in [1.165, 1.54) is 26.0 Å². The van der Waals surface area contributed by atoms with Crippen LogP contribution >= 0.6 is 12.0 Å². The first-order chi connectivity index (χ1) is 28.3. The molecule has 11 atom stereocenters. The van der Waals surface area contributed by atoms with Gasteiger partial charge >= 0.3 is 23.9 Å². The number of nitrogens with two attached hydrogens (primary N) is 1. The number of fused-ring (bicyclic) bond motifs is 5. The van der Waals surface area contributed by atoms with Gasteiger partial charge < -0.3 is 39.0 Å². The number of ether oxygens (including phenoxy) is 5. The van der Waals surface area contributed by atoms with Gasteiger partial charge in [-0.25, -0.2) is 9.59 Å². The van der Waals surface area contributed by atoms with E-state index in [0.29, 0.717) is 17.6 Å². The molecule has 0 spiro atoms. The number of ketones is 1. The molecular formula is C42H51NO16S. The number of aliphatic hydroxyl groups excluding tert-OH is 2. The Bertz CT molecular complexity index is 1980. The van der Waals surface area contributed by atoms with Crippen LogP contribution in [0.15, 0.2) is 71.8 Å². The third-order valence-corrected chi connectivity index (χ3v) is 13.5. The summed E-state index contributed by atoms with van der Waals surface area (Å²) < 4.78 is 34.7. The second-order valence-electron chi connectivity index (χ2n) is 16.5. The van der Waals surface area contributed by atoms with Crippen LogP contribution in [0.4, 0.5) is 0 Å². The van der Waals surface area contributed by atoms with Gasteiger partial charge in [-0.05, 0) is 47.7 Å². The second-order valence-corrected chi connectivity index (χ2v) is 17.3. The van der Waals surface area contributed by atoms with Crippen molar-refractivity contribution in [1.82, 2.24) is 0 Å². The topological polar surface area (TPSA) is 246 Å². The van der Waals surface area contributed by atoms with Gasteiger partial charge in [0.25, 0.3) is 0 Å². The van der Waals surface area contributed by atoms with Crippen LogP contribution in [0.2, 0.25) is 0 Å². The van der Waals surface area contributed by atoms with E-state index in [0.717, 1.165) is 6.92 Å². The summed E-state index contributed by atoms with van der Waals surface area (Å²) in [6.45, 7) is 8.60. The third kappa shape index (κ3) is 7.89. The molecule has 2 aromatic rings. The molecule has 2 saturated carbocycles. The number of aliphatic hydroxyl groups is 3. The van der Waals surface area contributed by atoms with Gasteiger partial charge in [-0.3, -0.25) is 14.4 Å². The van der Waals surface area contributed by atoms with Crippen LogP contribution in [0.5, 0.6) is 0 Å². The van der Waals surface area contributed by atoms with E-state index in [1.807, 2.05) is 0 Å². The smallest absolute Gasteiger partial charge is 0.348 e. The van der Waals surface area contributed by atoms with Crippen molar-refractivity contribution < 1.29 is 77.3 Å². The molecule has 1 aliphatic heterocycles. The fourth-order valence-corrected chi connectivity index (χ4v) is 10.1. The zero-order valence-corrected chi connectivity index (χ0v) is 34.9. The molecule has 5 N–H and O–H groups in total. The van der Waals surface area contributed by atoms with Crippen LogP contribution in [0.25, 0.3) is 0 Å². The molecule has 18 heteroatoms. The molecule has 17 nitrogen and oxygen atoms in total. The number of benzene rings is 2. The lowest BCUT2D eigenvalue weighted by molar-refractivity contribution is -0.464. The number of hydrogen-bond acceptors (Lipinski definition) is 18. The van der Waals surface area contributed by atoms with Crippen molar-refractivity contribution in [2.24, 2.45) is 22.6 Å². The summed E-state index contributed by atoms with van der Waals surface area (Å²) in [5, 5.41) is 41.8. The molecule has 0 radical (unpaired) electrons.